The zero-order chi connectivity index (χ0) is 19.6. The number of benzene rings is 2. The lowest BCUT2D eigenvalue weighted by atomic mass is 10.2. The second-order valence-electron chi connectivity index (χ2n) is 6.44. The summed E-state index contributed by atoms with van der Waals surface area (Å²) in [5.74, 6) is -0.673. The van der Waals surface area contributed by atoms with Crippen molar-refractivity contribution in [1.29, 1.82) is 0 Å². The number of aryl methyl sites for hydroxylation is 2. The Kier molecular flexibility index (Phi) is 5.18. The van der Waals surface area contributed by atoms with Gasteiger partial charge in [-0.15, -0.1) is 0 Å². The van der Waals surface area contributed by atoms with Gasteiger partial charge in [0, 0.05) is 18.2 Å². The fourth-order valence-electron chi connectivity index (χ4n) is 2.83. The van der Waals surface area contributed by atoms with E-state index in [1.807, 2.05) is 25.1 Å². The van der Waals surface area contributed by atoms with Crippen molar-refractivity contribution in [1.82, 2.24) is 0 Å². The van der Waals surface area contributed by atoms with Crippen molar-refractivity contribution >= 4 is 33.0 Å². The Labute approximate surface area is 157 Å². The molecule has 0 atom stereocenters. The van der Waals surface area contributed by atoms with Gasteiger partial charge in [-0.3, -0.25) is 9.59 Å². The zero-order valence-corrected chi connectivity index (χ0v) is 15.9. The van der Waals surface area contributed by atoms with E-state index in [-0.39, 0.29) is 35.5 Å². The Morgan fingerprint density at radius 3 is 2.74 bits per heavy atom. The minimum absolute atomic E-state index is 0.0979. The van der Waals surface area contributed by atoms with Gasteiger partial charge in [0.25, 0.3) is 5.91 Å². The molecule has 7 nitrogen and oxygen atoms in total. The van der Waals surface area contributed by atoms with E-state index < -0.39 is 9.84 Å². The number of sulfone groups is 1. The summed E-state index contributed by atoms with van der Waals surface area (Å²) in [6.07, 6.45) is -0.162. The molecular formula is C19H20N2O5S. The van der Waals surface area contributed by atoms with Crippen molar-refractivity contribution in [2.45, 2.75) is 25.2 Å². The van der Waals surface area contributed by atoms with Crippen molar-refractivity contribution in [3.8, 4) is 5.75 Å². The number of rotatable bonds is 5. The van der Waals surface area contributed by atoms with E-state index in [9.17, 15) is 18.0 Å². The molecule has 0 aromatic heterocycles. The predicted molar refractivity (Wildman–Crippen MR) is 102 cm³/mol. The van der Waals surface area contributed by atoms with E-state index in [0.717, 1.165) is 5.56 Å². The summed E-state index contributed by atoms with van der Waals surface area (Å²) in [5, 5.41) is 5.34. The molecule has 1 aliphatic heterocycles. The van der Waals surface area contributed by atoms with Crippen LogP contribution in [0, 0.1) is 13.8 Å². The van der Waals surface area contributed by atoms with Crippen LogP contribution in [0.3, 0.4) is 0 Å². The van der Waals surface area contributed by atoms with Crippen molar-refractivity contribution < 1.29 is 22.7 Å². The molecule has 0 saturated heterocycles. The SMILES string of the molecule is Cc1cccc(NC(=O)CCS(=O)(=O)c2cc3c(cc2C)NC(=O)CO3)c1. The topological polar surface area (TPSA) is 102 Å². The second kappa shape index (κ2) is 7.40. The Morgan fingerprint density at radius 1 is 1.22 bits per heavy atom. The molecule has 2 amide bonds. The summed E-state index contributed by atoms with van der Waals surface area (Å²) in [6.45, 7) is 3.39. The number of carbonyl (C=O) groups excluding carboxylic acids is 2. The zero-order valence-electron chi connectivity index (χ0n) is 15.0. The van der Waals surface area contributed by atoms with E-state index in [2.05, 4.69) is 10.6 Å². The number of nitrogens with one attached hydrogen (secondary N) is 2. The number of hydrogen-bond donors (Lipinski definition) is 2. The van der Waals surface area contributed by atoms with Crippen LogP contribution in [-0.2, 0) is 19.4 Å². The minimum atomic E-state index is -3.69. The van der Waals surface area contributed by atoms with Gasteiger partial charge in [-0.05, 0) is 43.2 Å². The van der Waals surface area contributed by atoms with Crippen LogP contribution in [0.15, 0.2) is 41.3 Å². The second-order valence-corrected chi connectivity index (χ2v) is 8.51. The molecule has 1 heterocycles. The largest absolute Gasteiger partial charge is 0.482 e. The molecule has 2 N–H and O–H groups in total. The summed E-state index contributed by atoms with van der Waals surface area (Å²) >= 11 is 0. The predicted octanol–water partition coefficient (Wildman–Crippen LogP) is 2.44. The van der Waals surface area contributed by atoms with Crippen LogP contribution >= 0.6 is 0 Å². The maximum absolute atomic E-state index is 12.7. The van der Waals surface area contributed by atoms with Gasteiger partial charge < -0.3 is 15.4 Å². The van der Waals surface area contributed by atoms with Gasteiger partial charge in [0.1, 0.15) is 5.75 Å². The van der Waals surface area contributed by atoms with Gasteiger partial charge in [0.2, 0.25) is 5.91 Å². The van der Waals surface area contributed by atoms with E-state index in [4.69, 9.17) is 4.74 Å². The Morgan fingerprint density at radius 2 is 2.00 bits per heavy atom. The summed E-state index contributed by atoms with van der Waals surface area (Å²) in [5.41, 5.74) is 2.56. The van der Waals surface area contributed by atoms with Crippen LogP contribution in [0.25, 0.3) is 0 Å². The Hall–Kier alpha value is -2.87. The molecule has 2 aromatic rings. The molecule has 0 aliphatic carbocycles. The lowest BCUT2D eigenvalue weighted by Crippen LogP contribution is -2.26. The smallest absolute Gasteiger partial charge is 0.262 e. The molecule has 1 aliphatic rings. The van der Waals surface area contributed by atoms with Gasteiger partial charge >= 0.3 is 0 Å². The molecule has 142 valence electrons. The molecule has 3 rings (SSSR count). The third-order valence-corrected chi connectivity index (χ3v) is 6.00. The quantitative estimate of drug-likeness (QED) is 0.819. The first kappa shape index (κ1) is 18.9. The van der Waals surface area contributed by atoms with E-state index in [0.29, 0.717) is 22.7 Å². The number of ether oxygens (including phenoxy) is 1. The highest BCUT2D eigenvalue weighted by atomic mass is 32.2. The van der Waals surface area contributed by atoms with E-state index in [1.165, 1.54) is 6.07 Å². The lowest BCUT2D eigenvalue weighted by Gasteiger charge is -2.20. The van der Waals surface area contributed by atoms with Crippen molar-refractivity contribution in [3.05, 3.63) is 47.5 Å². The minimum Gasteiger partial charge on any atom is -0.482 e. The maximum atomic E-state index is 12.7. The van der Waals surface area contributed by atoms with Crippen LogP contribution in [0.4, 0.5) is 11.4 Å². The molecule has 0 fully saturated rings. The summed E-state index contributed by atoms with van der Waals surface area (Å²) in [4.78, 5) is 23.6. The molecule has 0 radical (unpaired) electrons. The Bertz CT molecular complexity index is 1010. The Balaban J connectivity index is 1.71. The number of amides is 2. The van der Waals surface area contributed by atoms with Gasteiger partial charge in [0.05, 0.1) is 16.3 Å². The third-order valence-electron chi connectivity index (χ3n) is 4.14. The number of fused-ring (bicyclic) bond motifs is 1. The van der Waals surface area contributed by atoms with Crippen LogP contribution in [0.5, 0.6) is 5.75 Å². The van der Waals surface area contributed by atoms with Crippen molar-refractivity contribution in [3.63, 3.8) is 0 Å². The molecule has 2 aromatic carbocycles. The molecular weight excluding hydrogens is 368 g/mol. The van der Waals surface area contributed by atoms with Gasteiger partial charge in [0.15, 0.2) is 16.4 Å². The summed E-state index contributed by atoms with van der Waals surface area (Å²) in [7, 11) is -3.69. The standard InChI is InChI=1S/C19H20N2O5S/c1-12-4-3-5-14(8-12)20-18(22)6-7-27(24,25)17-10-16-15(9-13(17)2)21-19(23)11-26-16/h3-5,8-10H,6-7,11H2,1-2H3,(H,20,22)(H,21,23). The first-order chi connectivity index (χ1) is 12.7. The lowest BCUT2D eigenvalue weighted by molar-refractivity contribution is -0.118. The van der Waals surface area contributed by atoms with Crippen LogP contribution in [-0.4, -0.2) is 32.6 Å². The molecule has 0 spiro atoms. The van der Waals surface area contributed by atoms with E-state index >= 15 is 0 Å². The third kappa shape index (κ3) is 4.46. The van der Waals surface area contributed by atoms with Gasteiger partial charge in [-0.1, -0.05) is 12.1 Å². The van der Waals surface area contributed by atoms with Gasteiger partial charge in [-0.25, -0.2) is 8.42 Å². The highest BCUT2D eigenvalue weighted by Crippen LogP contribution is 2.33. The van der Waals surface area contributed by atoms with Crippen LogP contribution in [0.2, 0.25) is 0 Å². The van der Waals surface area contributed by atoms with Gasteiger partial charge in [-0.2, -0.15) is 0 Å². The van der Waals surface area contributed by atoms with Crippen molar-refractivity contribution in [2.75, 3.05) is 23.0 Å². The normalized spacial score (nSPS) is 13.3. The fourth-order valence-corrected chi connectivity index (χ4v) is 4.34. The average molecular weight is 388 g/mol. The number of anilines is 2. The first-order valence-electron chi connectivity index (χ1n) is 8.41. The molecule has 0 unspecified atom stereocenters. The van der Waals surface area contributed by atoms with Crippen LogP contribution < -0.4 is 15.4 Å². The average Bonchev–Trinajstić information content (AvgIpc) is 2.59. The van der Waals surface area contributed by atoms with Crippen LogP contribution in [0.1, 0.15) is 17.5 Å². The monoisotopic (exact) mass is 388 g/mol. The molecule has 8 heteroatoms. The molecule has 0 bridgehead atoms. The maximum Gasteiger partial charge on any atom is 0.262 e. The highest BCUT2D eigenvalue weighted by molar-refractivity contribution is 7.91. The number of carbonyl (C=O) groups is 2. The fraction of sp³-hybridized carbons (Fsp3) is 0.263. The molecule has 27 heavy (non-hydrogen) atoms. The molecule has 0 saturated carbocycles. The van der Waals surface area contributed by atoms with E-state index in [1.54, 1.807) is 19.1 Å². The summed E-state index contributed by atoms with van der Waals surface area (Å²) in [6, 6.07) is 10.2. The number of hydrogen-bond acceptors (Lipinski definition) is 5. The summed E-state index contributed by atoms with van der Waals surface area (Å²) < 4.78 is 30.7. The van der Waals surface area contributed by atoms with Crippen molar-refractivity contribution in [2.24, 2.45) is 0 Å². The highest BCUT2D eigenvalue weighted by Gasteiger charge is 2.24. The first-order valence-corrected chi connectivity index (χ1v) is 10.1.